The number of nitrogen functional groups attached to an aromatic ring is 1. The number of aliphatic hydroxyl groups excluding tert-OH is 1. The number of nitrogens with zero attached hydrogens (tertiary/aromatic N) is 2. The van der Waals surface area contributed by atoms with Crippen LogP contribution in [0.4, 0.5) is 5.13 Å². The molecular formula is C12H19N3O2S. The summed E-state index contributed by atoms with van der Waals surface area (Å²) in [5.74, 6) is 0.0436. The number of anilines is 1. The van der Waals surface area contributed by atoms with E-state index in [4.69, 9.17) is 10.8 Å². The van der Waals surface area contributed by atoms with E-state index in [1.807, 2.05) is 11.8 Å². The number of amides is 1. The number of aliphatic hydroxyl groups is 1. The molecule has 6 heteroatoms. The molecule has 1 aromatic heterocycles. The van der Waals surface area contributed by atoms with Gasteiger partial charge in [-0.05, 0) is 32.6 Å². The highest BCUT2D eigenvalue weighted by molar-refractivity contribution is 7.17. The molecule has 1 aliphatic rings. The maximum atomic E-state index is 12.4. The molecule has 0 bridgehead atoms. The molecule has 1 amide bonds. The summed E-state index contributed by atoms with van der Waals surface area (Å²) in [4.78, 5) is 19.1. The number of hydrogen-bond acceptors (Lipinski definition) is 5. The van der Waals surface area contributed by atoms with Gasteiger partial charge in [-0.1, -0.05) is 11.3 Å². The minimum atomic E-state index is 0.0436. The molecule has 1 fully saturated rings. The van der Waals surface area contributed by atoms with Gasteiger partial charge in [-0.15, -0.1) is 0 Å². The number of aromatic nitrogens is 1. The van der Waals surface area contributed by atoms with E-state index in [0.717, 1.165) is 37.9 Å². The topological polar surface area (TPSA) is 79.5 Å². The van der Waals surface area contributed by atoms with E-state index in [0.29, 0.717) is 10.0 Å². The van der Waals surface area contributed by atoms with E-state index >= 15 is 0 Å². The molecule has 18 heavy (non-hydrogen) atoms. The lowest BCUT2D eigenvalue weighted by Gasteiger charge is -2.24. The highest BCUT2D eigenvalue weighted by atomic mass is 32.1. The molecule has 0 spiro atoms. The Kier molecular flexibility index (Phi) is 4.19. The standard InChI is InChI=1S/C12H19N3O2S/c1-8-10(18-12(13)14-8)11(17)15-6-2-4-9(15)5-3-7-16/h9,16H,2-7H2,1H3,(H2,13,14). The third-order valence-corrected chi connectivity index (χ3v) is 4.32. The van der Waals surface area contributed by atoms with Gasteiger partial charge in [0.1, 0.15) is 4.88 Å². The second-order valence-corrected chi connectivity index (χ2v) is 5.66. The molecule has 100 valence electrons. The van der Waals surface area contributed by atoms with Gasteiger partial charge in [0.05, 0.1) is 5.69 Å². The van der Waals surface area contributed by atoms with Crippen molar-refractivity contribution in [2.45, 2.75) is 38.6 Å². The summed E-state index contributed by atoms with van der Waals surface area (Å²) < 4.78 is 0. The molecule has 1 aromatic rings. The quantitative estimate of drug-likeness (QED) is 0.866. The van der Waals surface area contributed by atoms with E-state index in [-0.39, 0.29) is 18.6 Å². The number of thiazole rings is 1. The highest BCUT2D eigenvalue weighted by Crippen LogP contribution is 2.27. The molecule has 2 heterocycles. The molecule has 0 aliphatic carbocycles. The van der Waals surface area contributed by atoms with Crippen molar-refractivity contribution in [1.82, 2.24) is 9.88 Å². The number of rotatable bonds is 4. The predicted molar refractivity (Wildman–Crippen MR) is 71.6 cm³/mol. The number of carbonyl (C=O) groups excluding carboxylic acids is 1. The molecule has 0 radical (unpaired) electrons. The van der Waals surface area contributed by atoms with Crippen LogP contribution in [0.5, 0.6) is 0 Å². The van der Waals surface area contributed by atoms with Crippen molar-refractivity contribution < 1.29 is 9.90 Å². The fourth-order valence-corrected chi connectivity index (χ4v) is 3.27. The fourth-order valence-electron chi connectivity index (χ4n) is 2.48. The third kappa shape index (κ3) is 2.64. The number of hydrogen-bond donors (Lipinski definition) is 2. The Morgan fingerprint density at radius 3 is 3.06 bits per heavy atom. The molecule has 3 N–H and O–H groups in total. The lowest BCUT2D eigenvalue weighted by molar-refractivity contribution is 0.0728. The van der Waals surface area contributed by atoms with Crippen LogP contribution >= 0.6 is 11.3 Å². The SMILES string of the molecule is Cc1nc(N)sc1C(=O)N1CCCC1CCCO. The van der Waals surface area contributed by atoms with Gasteiger partial charge in [0.25, 0.3) is 5.91 Å². The van der Waals surface area contributed by atoms with Crippen molar-refractivity contribution in [3.63, 3.8) is 0 Å². The molecule has 1 unspecified atom stereocenters. The van der Waals surface area contributed by atoms with Crippen molar-refractivity contribution in [2.24, 2.45) is 0 Å². The first-order chi connectivity index (χ1) is 8.63. The number of carbonyl (C=O) groups is 1. The van der Waals surface area contributed by atoms with Crippen LogP contribution in [0.1, 0.15) is 41.0 Å². The van der Waals surface area contributed by atoms with Gasteiger partial charge in [0, 0.05) is 19.2 Å². The molecule has 5 nitrogen and oxygen atoms in total. The van der Waals surface area contributed by atoms with Crippen LogP contribution in [0.25, 0.3) is 0 Å². The van der Waals surface area contributed by atoms with Crippen molar-refractivity contribution in [2.75, 3.05) is 18.9 Å². The molecule has 0 saturated carbocycles. The third-order valence-electron chi connectivity index (χ3n) is 3.34. The predicted octanol–water partition coefficient (Wildman–Crippen LogP) is 1.41. The van der Waals surface area contributed by atoms with E-state index in [1.165, 1.54) is 11.3 Å². The van der Waals surface area contributed by atoms with Crippen LogP contribution in [0.15, 0.2) is 0 Å². The zero-order chi connectivity index (χ0) is 13.1. The normalized spacial score (nSPS) is 19.4. The average molecular weight is 269 g/mol. The molecular weight excluding hydrogens is 250 g/mol. The second kappa shape index (κ2) is 5.67. The summed E-state index contributed by atoms with van der Waals surface area (Å²) in [6.45, 7) is 2.80. The van der Waals surface area contributed by atoms with Gasteiger partial charge >= 0.3 is 0 Å². The summed E-state index contributed by atoms with van der Waals surface area (Å²) in [6, 6.07) is 0.257. The van der Waals surface area contributed by atoms with Crippen LogP contribution in [0, 0.1) is 6.92 Å². The minimum Gasteiger partial charge on any atom is -0.396 e. The zero-order valence-electron chi connectivity index (χ0n) is 10.6. The second-order valence-electron chi connectivity index (χ2n) is 4.63. The van der Waals surface area contributed by atoms with Gasteiger partial charge in [0.2, 0.25) is 0 Å². The summed E-state index contributed by atoms with van der Waals surface area (Å²) in [5, 5.41) is 9.33. The number of aryl methyl sites for hydroxylation is 1. The Morgan fingerprint density at radius 1 is 1.67 bits per heavy atom. The van der Waals surface area contributed by atoms with Crippen LogP contribution in [-0.2, 0) is 0 Å². The van der Waals surface area contributed by atoms with E-state index in [9.17, 15) is 4.79 Å². The summed E-state index contributed by atoms with van der Waals surface area (Å²) in [6.07, 6.45) is 3.68. The van der Waals surface area contributed by atoms with E-state index in [1.54, 1.807) is 0 Å². The lowest BCUT2D eigenvalue weighted by Crippen LogP contribution is -2.35. The largest absolute Gasteiger partial charge is 0.396 e. The Morgan fingerprint density at radius 2 is 2.44 bits per heavy atom. The van der Waals surface area contributed by atoms with E-state index < -0.39 is 0 Å². The Balaban J connectivity index is 2.10. The summed E-state index contributed by atoms with van der Waals surface area (Å²) in [7, 11) is 0. The maximum Gasteiger partial charge on any atom is 0.266 e. The minimum absolute atomic E-state index is 0.0436. The Labute approximate surface area is 111 Å². The zero-order valence-corrected chi connectivity index (χ0v) is 11.4. The lowest BCUT2D eigenvalue weighted by atomic mass is 10.1. The summed E-state index contributed by atoms with van der Waals surface area (Å²) >= 11 is 1.26. The van der Waals surface area contributed by atoms with Crippen LogP contribution in [0.2, 0.25) is 0 Å². The van der Waals surface area contributed by atoms with E-state index in [2.05, 4.69) is 4.98 Å². The van der Waals surface area contributed by atoms with Crippen molar-refractivity contribution >= 4 is 22.4 Å². The Hall–Kier alpha value is -1.14. The van der Waals surface area contributed by atoms with Gasteiger partial charge < -0.3 is 15.7 Å². The first-order valence-corrected chi connectivity index (χ1v) is 7.10. The molecule has 2 rings (SSSR count). The first-order valence-electron chi connectivity index (χ1n) is 6.28. The van der Waals surface area contributed by atoms with Crippen LogP contribution in [0.3, 0.4) is 0 Å². The maximum absolute atomic E-state index is 12.4. The van der Waals surface area contributed by atoms with Crippen molar-refractivity contribution in [1.29, 1.82) is 0 Å². The van der Waals surface area contributed by atoms with Crippen LogP contribution < -0.4 is 5.73 Å². The fraction of sp³-hybridized carbons (Fsp3) is 0.667. The Bertz CT molecular complexity index is 433. The highest BCUT2D eigenvalue weighted by Gasteiger charge is 2.30. The molecule has 1 atom stereocenters. The molecule has 1 saturated heterocycles. The monoisotopic (exact) mass is 269 g/mol. The van der Waals surface area contributed by atoms with Crippen molar-refractivity contribution in [3.8, 4) is 0 Å². The molecule has 1 aliphatic heterocycles. The van der Waals surface area contributed by atoms with Crippen LogP contribution in [-0.4, -0.2) is 40.1 Å². The van der Waals surface area contributed by atoms with Gasteiger partial charge in [-0.3, -0.25) is 4.79 Å². The van der Waals surface area contributed by atoms with Crippen molar-refractivity contribution in [3.05, 3.63) is 10.6 Å². The van der Waals surface area contributed by atoms with Gasteiger partial charge in [-0.25, -0.2) is 4.98 Å². The smallest absolute Gasteiger partial charge is 0.266 e. The average Bonchev–Trinajstić information content (AvgIpc) is 2.92. The van der Waals surface area contributed by atoms with Gasteiger partial charge in [-0.2, -0.15) is 0 Å². The number of likely N-dealkylation sites (tertiary alicyclic amines) is 1. The molecule has 0 aromatic carbocycles. The first kappa shape index (κ1) is 13.3. The number of nitrogens with two attached hydrogens (primary N) is 1. The summed E-state index contributed by atoms with van der Waals surface area (Å²) in [5.41, 5.74) is 6.35. The van der Waals surface area contributed by atoms with Gasteiger partial charge in [0.15, 0.2) is 5.13 Å².